The van der Waals surface area contributed by atoms with Gasteiger partial charge in [-0.15, -0.1) is 0 Å². The van der Waals surface area contributed by atoms with Crippen molar-refractivity contribution in [2.75, 3.05) is 0 Å². The second kappa shape index (κ2) is 5.62. The minimum atomic E-state index is -0.199. The van der Waals surface area contributed by atoms with E-state index in [4.69, 9.17) is 5.73 Å². The third-order valence-electron chi connectivity index (χ3n) is 3.70. The summed E-state index contributed by atoms with van der Waals surface area (Å²) in [5.74, 6) is -0.199. The molecule has 106 valence electrons. The summed E-state index contributed by atoms with van der Waals surface area (Å²) in [7, 11) is 0. The molecule has 0 aliphatic rings. The molecule has 0 fully saturated rings. The first-order valence-corrected chi connectivity index (χ1v) is 7.00. The van der Waals surface area contributed by atoms with Crippen LogP contribution in [-0.2, 0) is 6.42 Å². The van der Waals surface area contributed by atoms with E-state index in [2.05, 4.69) is 11.1 Å². The molecule has 0 saturated heterocycles. The van der Waals surface area contributed by atoms with Gasteiger partial charge in [0.25, 0.3) is 0 Å². The molecule has 1 unspecified atom stereocenters. The summed E-state index contributed by atoms with van der Waals surface area (Å²) in [5.41, 5.74) is 9.70. The average molecular weight is 280 g/mol. The molecule has 0 amide bonds. The van der Waals surface area contributed by atoms with Crippen molar-refractivity contribution in [3.05, 3.63) is 77.2 Å². The Hall–Kier alpha value is -2.26. The van der Waals surface area contributed by atoms with Crippen molar-refractivity contribution >= 4 is 10.9 Å². The summed E-state index contributed by atoms with van der Waals surface area (Å²) in [4.78, 5) is 4.63. The monoisotopic (exact) mass is 280 g/mol. The van der Waals surface area contributed by atoms with E-state index in [-0.39, 0.29) is 11.9 Å². The molecular formula is C18H17FN2. The fraction of sp³-hybridized carbons (Fsp3) is 0.167. The van der Waals surface area contributed by atoms with E-state index < -0.39 is 0 Å². The number of fused-ring (bicyclic) bond motifs is 1. The number of halogens is 1. The SMILES string of the molecule is Cc1cc(C(N)Cc2ccc3ccccc3n2)ccc1F. The Morgan fingerprint density at radius 3 is 2.71 bits per heavy atom. The molecular weight excluding hydrogens is 263 g/mol. The predicted molar refractivity (Wildman–Crippen MR) is 83.5 cm³/mol. The Balaban J connectivity index is 1.85. The average Bonchev–Trinajstić information content (AvgIpc) is 2.50. The summed E-state index contributed by atoms with van der Waals surface area (Å²) in [6.07, 6.45) is 0.635. The number of hydrogen-bond donors (Lipinski definition) is 1. The van der Waals surface area contributed by atoms with Crippen LogP contribution >= 0.6 is 0 Å². The lowest BCUT2D eigenvalue weighted by Crippen LogP contribution is -2.14. The molecule has 3 rings (SSSR count). The number of pyridine rings is 1. The number of aryl methyl sites for hydroxylation is 1. The zero-order chi connectivity index (χ0) is 14.8. The highest BCUT2D eigenvalue weighted by molar-refractivity contribution is 5.78. The van der Waals surface area contributed by atoms with Crippen LogP contribution in [-0.4, -0.2) is 4.98 Å². The molecule has 2 N–H and O–H groups in total. The van der Waals surface area contributed by atoms with Crippen molar-refractivity contribution in [3.8, 4) is 0 Å². The Labute approximate surface area is 123 Å². The Morgan fingerprint density at radius 1 is 1.10 bits per heavy atom. The number of aromatic nitrogens is 1. The molecule has 2 nitrogen and oxygen atoms in total. The molecule has 1 aromatic heterocycles. The standard InChI is InChI=1S/C18H17FN2/c1-12-10-14(7-9-16(12)19)17(20)11-15-8-6-13-4-2-3-5-18(13)21-15/h2-10,17H,11,20H2,1H3. The molecule has 3 aromatic rings. The quantitative estimate of drug-likeness (QED) is 0.789. The Bertz CT molecular complexity index is 783. The van der Waals surface area contributed by atoms with Crippen molar-refractivity contribution < 1.29 is 4.39 Å². The molecule has 0 saturated carbocycles. The maximum absolute atomic E-state index is 13.3. The topological polar surface area (TPSA) is 38.9 Å². The molecule has 3 heteroatoms. The van der Waals surface area contributed by atoms with Crippen LogP contribution < -0.4 is 5.73 Å². The lowest BCUT2D eigenvalue weighted by atomic mass is 10.00. The van der Waals surface area contributed by atoms with Crippen LogP contribution in [0.25, 0.3) is 10.9 Å². The van der Waals surface area contributed by atoms with Crippen LogP contribution in [0.1, 0.15) is 22.9 Å². The lowest BCUT2D eigenvalue weighted by Gasteiger charge is -2.13. The first-order valence-electron chi connectivity index (χ1n) is 7.00. The molecule has 0 spiro atoms. The zero-order valence-corrected chi connectivity index (χ0v) is 11.9. The Kier molecular flexibility index (Phi) is 3.67. The number of nitrogens with two attached hydrogens (primary N) is 1. The number of nitrogens with zero attached hydrogens (tertiary/aromatic N) is 1. The number of hydrogen-bond acceptors (Lipinski definition) is 2. The van der Waals surface area contributed by atoms with Crippen molar-refractivity contribution in [1.82, 2.24) is 4.98 Å². The molecule has 0 radical (unpaired) electrons. The number of rotatable bonds is 3. The van der Waals surface area contributed by atoms with E-state index in [1.807, 2.05) is 30.3 Å². The molecule has 0 aliphatic carbocycles. The van der Waals surface area contributed by atoms with Crippen molar-refractivity contribution in [1.29, 1.82) is 0 Å². The van der Waals surface area contributed by atoms with E-state index >= 15 is 0 Å². The van der Waals surface area contributed by atoms with Gasteiger partial charge in [0.2, 0.25) is 0 Å². The summed E-state index contributed by atoms with van der Waals surface area (Å²) in [6, 6.07) is 16.9. The number of benzene rings is 2. The van der Waals surface area contributed by atoms with Crippen molar-refractivity contribution in [2.24, 2.45) is 5.73 Å². The first kappa shape index (κ1) is 13.7. The smallest absolute Gasteiger partial charge is 0.126 e. The van der Waals surface area contributed by atoms with Gasteiger partial charge in [0, 0.05) is 23.5 Å². The van der Waals surface area contributed by atoms with Gasteiger partial charge >= 0.3 is 0 Å². The predicted octanol–water partition coefficient (Wildman–Crippen LogP) is 3.92. The molecule has 0 bridgehead atoms. The van der Waals surface area contributed by atoms with Gasteiger partial charge in [-0.05, 0) is 36.2 Å². The van der Waals surface area contributed by atoms with Crippen LogP contribution in [0.5, 0.6) is 0 Å². The molecule has 0 aliphatic heterocycles. The van der Waals surface area contributed by atoms with Crippen LogP contribution in [0.15, 0.2) is 54.6 Å². The van der Waals surface area contributed by atoms with Gasteiger partial charge in [-0.3, -0.25) is 4.98 Å². The van der Waals surface area contributed by atoms with Gasteiger partial charge in [0.1, 0.15) is 5.82 Å². The van der Waals surface area contributed by atoms with E-state index in [1.165, 1.54) is 6.07 Å². The first-order chi connectivity index (χ1) is 10.1. The van der Waals surface area contributed by atoms with Crippen molar-refractivity contribution in [2.45, 2.75) is 19.4 Å². The van der Waals surface area contributed by atoms with Crippen LogP contribution in [0.4, 0.5) is 4.39 Å². The summed E-state index contributed by atoms with van der Waals surface area (Å²) in [6.45, 7) is 1.75. The van der Waals surface area contributed by atoms with Gasteiger partial charge in [-0.25, -0.2) is 4.39 Å². The summed E-state index contributed by atoms with van der Waals surface area (Å²) >= 11 is 0. The van der Waals surface area contributed by atoms with Crippen LogP contribution in [0.3, 0.4) is 0 Å². The van der Waals surface area contributed by atoms with Gasteiger partial charge in [0.05, 0.1) is 5.52 Å². The summed E-state index contributed by atoms with van der Waals surface area (Å²) < 4.78 is 13.3. The minimum Gasteiger partial charge on any atom is -0.324 e. The maximum atomic E-state index is 13.3. The largest absolute Gasteiger partial charge is 0.324 e. The summed E-state index contributed by atoms with van der Waals surface area (Å²) in [5, 5.41) is 1.12. The normalized spacial score (nSPS) is 12.5. The van der Waals surface area contributed by atoms with Crippen LogP contribution in [0.2, 0.25) is 0 Å². The molecule has 1 heterocycles. The van der Waals surface area contributed by atoms with Gasteiger partial charge < -0.3 is 5.73 Å². The maximum Gasteiger partial charge on any atom is 0.126 e. The zero-order valence-electron chi connectivity index (χ0n) is 11.9. The van der Waals surface area contributed by atoms with Crippen LogP contribution in [0, 0.1) is 12.7 Å². The van der Waals surface area contributed by atoms with E-state index in [0.29, 0.717) is 12.0 Å². The third kappa shape index (κ3) is 2.93. The van der Waals surface area contributed by atoms with Gasteiger partial charge in [0.15, 0.2) is 0 Å². The highest BCUT2D eigenvalue weighted by Crippen LogP contribution is 2.19. The van der Waals surface area contributed by atoms with Gasteiger partial charge in [-0.1, -0.05) is 36.4 Å². The van der Waals surface area contributed by atoms with E-state index in [9.17, 15) is 4.39 Å². The second-order valence-electron chi connectivity index (χ2n) is 5.31. The minimum absolute atomic E-state index is 0.182. The Morgan fingerprint density at radius 2 is 1.90 bits per heavy atom. The molecule has 2 aromatic carbocycles. The second-order valence-corrected chi connectivity index (χ2v) is 5.31. The highest BCUT2D eigenvalue weighted by Gasteiger charge is 2.10. The highest BCUT2D eigenvalue weighted by atomic mass is 19.1. The third-order valence-corrected chi connectivity index (χ3v) is 3.70. The molecule has 21 heavy (non-hydrogen) atoms. The molecule has 1 atom stereocenters. The fourth-order valence-electron chi connectivity index (χ4n) is 2.46. The van der Waals surface area contributed by atoms with E-state index in [1.54, 1.807) is 19.1 Å². The lowest BCUT2D eigenvalue weighted by molar-refractivity contribution is 0.614. The van der Waals surface area contributed by atoms with Gasteiger partial charge in [-0.2, -0.15) is 0 Å². The van der Waals surface area contributed by atoms with Crippen molar-refractivity contribution in [3.63, 3.8) is 0 Å². The number of para-hydroxylation sites is 1. The fourth-order valence-corrected chi connectivity index (χ4v) is 2.46. The van der Waals surface area contributed by atoms with E-state index in [0.717, 1.165) is 22.2 Å².